The molecular formula is C15H19NO. The molecule has 1 aromatic rings. The van der Waals surface area contributed by atoms with E-state index in [0.717, 1.165) is 19.4 Å². The van der Waals surface area contributed by atoms with Crippen LogP contribution in [-0.4, -0.2) is 12.6 Å². The zero-order valence-electron chi connectivity index (χ0n) is 10.0. The van der Waals surface area contributed by atoms with Gasteiger partial charge < -0.3 is 10.5 Å². The monoisotopic (exact) mass is 229 g/mol. The normalized spacial score (nSPS) is 29.1. The molecule has 1 saturated carbocycles. The molecule has 0 spiro atoms. The molecule has 3 unspecified atom stereocenters. The van der Waals surface area contributed by atoms with Gasteiger partial charge in [0.25, 0.3) is 0 Å². The van der Waals surface area contributed by atoms with Gasteiger partial charge in [0.15, 0.2) is 0 Å². The number of ether oxygens (including phenoxy) is 1. The second-order valence-electron chi connectivity index (χ2n) is 5.11. The molecule has 2 N–H and O–H groups in total. The minimum absolute atomic E-state index is 0.195. The van der Waals surface area contributed by atoms with E-state index < -0.39 is 0 Å². The number of rotatable bonds is 3. The predicted octanol–water partition coefficient (Wildman–Crippen LogP) is 2.81. The molecular weight excluding hydrogens is 210 g/mol. The van der Waals surface area contributed by atoms with Crippen molar-refractivity contribution in [3.8, 4) is 0 Å². The lowest BCUT2D eigenvalue weighted by Gasteiger charge is -2.20. The smallest absolute Gasteiger partial charge is 0.0876 e. The van der Waals surface area contributed by atoms with Crippen molar-refractivity contribution in [3.05, 3.63) is 47.7 Å². The molecule has 0 saturated heterocycles. The molecule has 17 heavy (non-hydrogen) atoms. The Morgan fingerprint density at radius 3 is 2.76 bits per heavy atom. The highest BCUT2D eigenvalue weighted by Crippen LogP contribution is 2.50. The number of benzene rings is 1. The maximum Gasteiger partial charge on any atom is 0.0876 e. The lowest BCUT2D eigenvalue weighted by Crippen LogP contribution is -2.27. The lowest BCUT2D eigenvalue weighted by molar-refractivity contribution is 0.220. The minimum Gasteiger partial charge on any atom is -0.501 e. The number of hydrogen-bond acceptors (Lipinski definition) is 2. The van der Waals surface area contributed by atoms with Gasteiger partial charge in [0.05, 0.1) is 12.9 Å². The largest absolute Gasteiger partial charge is 0.501 e. The minimum atomic E-state index is 0.195. The van der Waals surface area contributed by atoms with E-state index in [-0.39, 0.29) is 6.04 Å². The second kappa shape index (κ2) is 4.53. The van der Waals surface area contributed by atoms with E-state index in [4.69, 9.17) is 10.5 Å². The van der Waals surface area contributed by atoms with Gasteiger partial charge in [-0.1, -0.05) is 30.3 Å². The maximum atomic E-state index is 6.33. The van der Waals surface area contributed by atoms with Crippen molar-refractivity contribution >= 4 is 0 Å². The van der Waals surface area contributed by atoms with Crippen molar-refractivity contribution in [1.29, 1.82) is 0 Å². The van der Waals surface area contributed by atoms with Crippen molar-refractivity contribution in [2.75, 3.05) is 6.61 Å². The van der Waals surface area contributed by atoms with Gasteiger partial charge in [-0.05, 0) is 42.2 Å². The summed E-state index contributed by atoms with van der Waals surface area (Å²) in [4.78, 5) is 0. The molecule has 2 heteroatoms. The van der Waals surface area contributed by atoms with Crippen LogP contribution in [-0.2, 0) is 4.74 Å². The Balaban J connectivity index is 1.66. The molecule has 1 heterocycles. The van der Waals surface area contributed by atoms with Gasteiger partial charge in [-0.2, -0.15) is 0 Å². The maximum absolute atomic E-state index is 6.33. The Hall–Kier alpha value is -1.28. The van der Waals surface area contributed by atoms with Crippen molar-refractivity contribution < 1.29 is 4.74 Å². The van der Waals surface area contributed by atoms with Crippen LogP contribution >= 0.6 is 0 Å². The first-order chi connectivity index (χ1) is 8.36. The van der Waals surface area contributed by atoms with Gasteiger partial charge in [0.1, 0.15) is 0 Å². The molecule has 1 fully saturated rings. The molecule has 0 aromatic heterocycles. The standard InChI is InChI=1S/C15H19NO/c16-15(12-7-4-8-17-10-12)14-9-13(14)11-5-2-1-3-6-11/h1-3,5-6,10,13-15H,4,7-9,16H2. The Kier molecular flexibility index (Phi) is 2.89. The molecule has 0 amide bonds. The van der Waals surface area contributed by atoms with E-state index in [1.54, 1.807) is 0 Å². The highest BCUT2D eigenvalue weighted by atomic mass is 16.5. The highest BCUT2D eigenvalue weighted by Gasteiger charge is 2.43. The molecule has 1 aromatic carbocycles. The van der Waals surface area contributed by atoms with Crippen molar-refractivity contribution in [2.24, 2.45) is 11.7 Å². The summed E-state index contributed by atoms with van der Waals surface area (Å²) in [6, 6.07) is 10.9. The van der Waals surface area contributed by atoms with Crippen LogP contribution in [0.4, 0.5) is 0 Å². The summed E-state index contributed by atoms with van der Waals surface area (Å²) in [7, 11) is 0. The van der Waals surface area contributed by atoms with Crippen LogP contribution in [0.25, 0.3) is 0 Å². The first-order valence-electron chi connectivity index (χ1n) is 6.47. The van der Waals surface area contributed by atoms with E-state index in [1.807, 2.05) is 6.26 Å². The summed E-state index contributed by atoms with van der Waals surface area (Å²) >= 11 is 0. The Morgan fingerprint density at radius 1 is 1.24 bits per heavy atom. The van der Waals surface area contributed by atoms with Crippen LogP contribution < -0.4 is 5.73 Å². The topological polar surface area (TPSA) is 35.2 Å². The molecule has 2 nitrogen and oxygen atoms in total. The first-order valence-corrected chi connectivity index (χ1v) is 6.47. The van der Waals surface area contributed by atoms with Crippen LogP contribution in [0.15, 0.2) is 42.2 Å². The van der Waals surface area contributed by atoms with Crippen molar-refractivity contribution in [3.63, 3.8) is 0 Å². The summed E-state index contributed by atoms with van der Waals surface area (Å²) in [5.74, 6) is 1.28. The molecule has 3 atom stereocenters. The summed E-state index contributed by atoms with van der Waals surface area (Å²) in [6.45, 7) is 0.850. The fraction of sp³-hybridized carbons (Fsp3) is 0.467. The van der Waals surface area contributed by atoms with E-state index >= 15 is 0 Å². The number of nitrogens with two attached hydrogens (primary N) is 1. The molecule has 0 bridgehead atoms. The third-order valence-corrected chi connectivity index (χ3v) is 3.92. The molecule has 2 aliphatic rings. The Bertz CT molecular complexity index is 412. The summed E-state index contributed by atoms with van der Waals surface area (Å²) < 4.78 is 5.38. The van der Waals surface area contributed by atoms with Crippen LogP contribution in [0.1, 0.15) is 30.7 Å². The average molecular weight is 229 g/mol. The highest BCUT2D eigenvalue weighted by molar-refractivity contribution is 5.29. The van der Waals surface area contributed by atoms with Gasteiger partial charge in [0, 0.05) is 6.04 Å². The van der Waals surface area contributed by atoms with Crippen LogP contribution in [0, 0.1) is 5.92 Å². The average Bonchev–Trinajstić information content (AvgIpc) is 3.20. The van der Waals surface area contributed by atoms with E-state index in [1.165, 1.54) is 17.6 Å². The SMILES string of the molecule is NC(C1=COCCC1)C1CC1c1ccccc1. The van der Waals surface area contributed by atoms with E-state index in [9.17, 15) is 0 Å². The predicted molar refractivity (Wildman–Crippen MR) is 68.5 cm³/mol. The molecule has 1 aliphatic carbocycles. The van der Waals surface area contributed by atoms with Gasteiger partial charge in [0.2, 0.25) is 0 Å². The second-order valence-corrected chi connectivity index (χ2v) is 5.11. The van der Waals surface area contributed by atoms with Gasteiger partial charge in [-0.15, -0.1) is 0 Å². The van der Waals surface area contributed by atoms with Gasteiger partial charge in [-0.3, -0.25) is 0 Å². The van der Waals surface area contributed by atoms with E-state index in [0.29, 0.717) is 11.8 Å². The Morgan fingerprint density at radius 2 is 2.06 bits per heavy atom. The van der Waals surface area contributed by atoms with Gasteiger partial charge >= 0.3 is 0 Å². The number of hydrogen-bond donors (Lipinski definition) is 1. The third kappa shape index (κ3) is 2.22. The first kappa shape index (κ1) is 10.8. The fourth-order valence-corrected chi connectivity index (χ4v) is 2.80. The van der Waals surface area contributed by atoms with Gasteiger partial charge in [-0.25, -0.2) is 0 Å². The van der Waals surface area contributed by atoms with Crippen molar-refractivity contribution in [1.82, 2.24) is 0 Å². The summed E-state index contributed by atoms with van der Waals surface area (Å²) in [6.07, 6.45) is 5.35. The van der Waals surface area contributed by atoms with Crippen LogP contribution in [0.3, 0.4) is 0 Å². The fourth-order valence-electron chi connectivity index (χ4n) is 2.80. The Labute approximate surface area is 102 Å². The zero-order valence-corrected chi connectivity index (χ0v) is 10.0. The molecule has 1 aliphatic heterocycles. The van der Waals surface area contributed by atoms with Crippen LogP contribution in [0.2, 0.25) is 0 Å². The summed E-state index contributed by atoms with van der Waals surface area (Å²) in [5.41, 5.74) is 9.07. The van der Waals surface area contributed by atoms with Crippen molar-refractivity contribution in [2.45, 2.75) is 31.2 Å². The molecule has 0 radical (unpaired) electrons. The van der Waals surface area contributed by atoms with E-state index in [2.05, 4.69) is 30.3 Å². The summed E-state index contributed by atoms with van der Waals surface area (Å²) in [5, 5.41) is 0. The van der Waals surface area contributed by atoms with Crippen LogP contribution in [0.5, 0.6) is 0 Å². The molecule has 3 rings (SSSR count). The molecule has 90 valence electrons. The quantitative estimate of drug-likeness (QED) is 0.865. The third-order valence-electron chi connectivity index (χ3n) is 3.92. The lowest BCUT2D eigenvalue weighted by atomic mass is 9.96. The zero-order chi connectivity index (χ0) is 11.7.